The molecule has 0 saturated heterocycles. The molecule has 4 nitrogen and oxygen atoms in total. The van der Waals surface area contributed by atoms with Crippen molar-refractivity contribution in [3.63, 3.8) is 0 Å². The number of aryl methyl sites for hydroxylation is 3. The Kier molecular flexibility index (Phi) is 4.09. The molecule has 0 fully saturated rings. The van der Waals surface area contributed by atoms with Gasteiger partial charge in [-0.05, 0) is 39.8 Å². The van der Waals surface area contributed by atoms with Crippen molar-refractivity contribution in [1.82, 2.24) is 10.3 Å². The molecule has 0 aliphatic rings. The van der Waals surface area contributed by atoms with Crippen LogP contribution in [0.15, 0.2) is 18.2 Å². The average molecular weight is 290 g/mol. The van der Waals surface area contributed by atoms with Crippen LogP contribution < -0.4 is 5.32 Å². The fraction of sp³-hybridized carbons (Fsp3) is 0.333. The summed E-state index contributed by atoms with van der Waals surface area (Å²) >= 11 is 1.58. The maximum Gasteiger partial charge on any atom is 0.255 e. The number of thiazole rings is 1. The molecule has 1 aromatic heterocycles. The molecule has 0 aliphatic heterocycles. The average Bonchev–Trinajstić information content (AvgIpc) is 2.71. The van der Waals surface area contributed by atoms with Crippen LogP contribution in [0.5, 0.6) is 5.75 Å². The molecule has 0 saturated carbocycles. The third kappa shape index (κ3) is 2.99. The van der Waals surface area contributed by atoms with Crippen LogP contribution in [-0.2, 0) is 0 Å². The number of carbonyl (C=O) groups is 1. The van der Waals surface area contributed by atoms with Crippen LogP contribution >= 0.6 is 11.3 Å². The van der Waals surface area contributed by atoms with E-state index in [0.29, 0.717) is 5.56 Å². The molecule has 1 amide bonds. The molecule has 0 bridgehead atoms. The van der Waals surface area contributed by atoms with Crippen molar-refractivity contribution in [2.75, 3.05) is 0 Å². The predicted octanol–water partition coefficient (Wildman–Crippen LogP) is 3.26. The van der Waals surface area contributed by atoms with E-state index in [9.17, 15) is 9.90 Å². The minimum atomic E-state index is -0.274. The summed E-state index contributed by atoms with van der Waals surface area (Å²) in [7, 11) is 0. The molecule has 1 atom stereocenters. The number of aromatic nitrogens is 1. The van der Waals surface area contributed by atoms with Gasteiger partial charge in [-0.3, -0.25) is 4.79 Å². The molecule has 1 unspecified atom stereocenters. The maximum absolute atomic E-state index is 12.2. The summed E-state index contributed by atoms with van der Waals surface area (Å²) < 4.78 is 0. The van der Waals surface area contributed by atoms with E-state index < -0.39 is 0 Å². The zero-order valence-electron chi connectivity index (χ0n) is 12.0. The lowest BCUT2D eigenvalue weighted by Gasteiger charge is -2.14. The maximum atomic E-state index is 12.2. The number of aromatic hydroxyl groups is 1. The van der Waals surface area contributed by atoms with Crippen molar-refractivity contribution >= 4 is 17.2 Å². The summed E-state index contributed by atoms with van der Waals surface area (Å²) in [5.41, 5.74) is 2.18. The van der Waals surface area contributed by atoms with Gasteiger partial charge in [0.2, 0.25) is 0 Å². The molecule has 20 heavy (non-hydrogen) atoms. The normalized spacial score (nSPS) is 12.2. The van der Waals surface area contributed by atoms with Crippen LogP contribution in [0.1, 0.15) is 44.5 Å². The van der Waals surface area contributed by atoms with Crippen molar-refractivity contribution in [1.29, 1.82) is 0 Å². The van der Waals surface area contributed by atoms with E-state index >= 15 is 0 Å². The van der Waals surface area contributed by atoms with Gasteiger partial charge in [-0.1, -0.05) is 11.6 Å². The molecule has 0 aliphatic carbocycles. The van der Waals surface area contributed by atoms with Crippen molar-refractivity contribution in [2.45, 2.75) is 33.7 Å². The van der Waals surface area contributed by atoms with Gasteiger partial charge in [0.25, 0.3) is 5.91 Å². The predicted molar refractivity (Wildman–Crippen MR) is 80.3 cm³/mol. The third-order valence-corrected chi connectivity index (χ3v) is 4.33. The van der Waals surface area contributed by atoms with Gasteiger partial charge in [0.05, 0.1) is 22.3 Å². The Morgan fingerprint density at radius 1 is 1.35 bits per heavy atom. The van der Waals surface area contributed by atoms with E-state index in [2.05, 4.69) is 10.3 Å². The van der Waals surface area contributed by atoms with Gasteiger partial charge in [0, 0.05) is 4.88 Å². The molecule has 1 aromatic carbocycles. The van der Waals surface area contributed by atoms with Crippen molar-refractivity contribution in [3.8, 4) is 5.75 Å². The molecule has 2 aromatic rings. The Hall–Kier alpha value is -1.88. The second kappa shape index (κ2) is 5.63. The third-order valence-electron chi connectivity index (χ3n) is 3.08. The topological polar surface area (TPSA) is 62.2 Å². The standard InChI is InChI=1S/C15H18N2O2S/c1-8-5-6-13(18)12(7-8)15(19)17-10(3)14-9(2)16-11(4)20-14/h5-7,10,18H,1-4H3,(H,17,19). The fourth-order valence-corrected chi connectivity index (χ4v) is 3.05. The van der Waals surface area contributed by atoms with Crippen LogP contribution in [0.4, 0.5) is 0 Å². The molecule has 0 spiro atoms. The Morgan fingerprint density at radius 2 is 2.05 bits per heavy atom. The van der Waals surface area contributed by atoms with E-state index in [0.717, 1.165) is 21.1 Å². The zero-order chi connectivity index (χ0) is 14.9. The number of amides is 1. The first-order chi connectivity index (χ1) is 9.38. The Labute approximate surface area is 122 Å². The van der Waals surface area contributed by atoms with E-state index in [1.165, 1.54) is 6.07 Å². The van der Waals surface area contributed by atoms with Crippen molar-refractivity contribution in [3.05, 3.63) is 44.9 Å². The van der Waals surface area contributed by atoms with Crippen LogP contribution in [0, 0.1) is 20.8 Å². The molecule has 0 radical (unpaired) electrons. The first kappa shape index (κ1) is 14.5. The smallest absolute Gasteiger partial charge is 0.255 e. The molecule has 5 heteroatoms. The van der Waals surface area contributed by atoms with Gasteiger partial charge in [0.15, 0.2) is 0 Å². The van der Waals surface area contributed by atoms with Gasteiger partial charge in [-0.2, -0.15) is 0 Å². The quantitative estimate of drug-likeness (QED) is 0.912. The summed E-state index contributed by atoms with van der Waals surface area (Å²) in [5, 5.41) is 13.7. The molecule has 2 N–H and O–H groups in total. The van der Waals surface area contributed by atoms with Crippen molar-refractivity contribution < 1.29 is 9.90 Å². The second-order valence-electron chi connectivity index (χ2n) is 4.90. The molecular weight excluding hydrogens is 272 g/mol. The van der Waals surface area contributed by atoms with Gasteiger partial charge in [-0.25, -0.2) is 4.98 Å². The Bertz CT molecular complexity index is 649. The number of nitrogens with zero attached hydrogens (tertiary/aromatic N) is 1. The monoisotopic (exact) mass is 290 g/mol. The highest BCUT2D eigenvalue weighted by molar-refractivity contribution is 7.11. The lowest BCUT2D eigenvalue weighted by Crippen LogP contribution is -2.26. The number of carbonyl (C=O) groups excluding carboxylic acids is 1. The summed E-state index contributed by atoms with van der Waals surface area (Å²) in [6.07, 6.45) is 0. The fourth-order valence-electron chi connectivity index (χ4n) is 2.12. The minimum Gasteiger partial charge on any atom is -0.507 e. The van der Waals surface area contributed by atoms with E-state index in [4.69, 9.17) is 0 Å². The number of rotatable bonds is 3. The zero-order valence-corrected chi connectivity index (χ0v) is 12.8. The highest BCUT2D eigenvalue weighted by atomic mass is 32.1. The van der Waals surface area contributed by atoms with E-state index in [1.807, 2.05) is 27.7 Å². The summed E-state index contributed by atoms with van der Waals surface area (Å²) in [5.74, 6) is -0.276. The van der Waals surface area contributed by atoms with Gasteiger partial charge >= 0.3 is 0 Å². The van der Waals surface area contributed by atoms with Gasteiger partial charge < -0.3 is 10.4 Å². The first-order valence-electron chi connectivity index (χ1n) is 6.43. The molecule has 106 valence electrons. The summed E-state index contributed by atoms with van der Waals surface area (Å²) in [6.45, 7) is 7.69. The summed E-state index contributed by atoms with van der Waals surface area (Å²) in [6, 6.07) is 4.86. The van der Waals surface area contributed by atoms with Crippen LogP contribution in [0.25, 0.3) is 0 Å². The van der Waals surface area contributed by atoms with Gasteiger partial charge in [0.1, 0.15) is 5.75 Å². The SMILES string of the molecule is Cc1ccc(O)c(C(=O)NC(C)c2sc(C)nc2C)c1. The number of phenolic OH excluding ortho intramolecular Hbond substituents is 1. The number of nitrogens with one attached hydrogen (secondary N) is 1. The Morgan fingerprint density at radius 3 is 2.65 bits per heavy atom. The lowest BCUT2D eigenvalue weighted by molar-refractivity contribution is 0.0937. The molecule has 1 heterocycles. The molecular formula is C15H18N2O2S. The lowest BCUT2D eigenvalue weighted by atomic mass is 10.1. The van der Waals surface area contributed by atoms with Crippen LogP contribution in [-0.4, -0.2) is 16.0 Å². The second-order valence-corrected chi connectivity index (χ2v) is 6.13. The minimum absolute atomic E-state index is 0.00231. The van der Waals surface area contributed by atoms with Crippen molar-refractivity contribution in [2.24, 2.45) is 0 Å². The van der Waals surface area contributed by atoms with E-state index in [1.54, 1.807) is 23.5 Å². The largest absolute Gasteiger partial charge is 0.507 e. The summed E-state index contributed by atoms with van der Waals surface area (Å²) in [4.78, 5) is 17.6. The molecule has 2 rings (SSSR count). The number of hydrogen-bond acceptors (Lipinski definition) is 4. The van der Waals surface area contributed by atoms with Gasteiger partial charge in [-0.15, -0.1) is 11.3 Å². The first-order valence-corrected chi connectivity index (χ1v) is 7.24. The Balaban J connectivity index is 2.19. The highest BCUT2D eigenvalue weighted by Crippen LogP contribution is 2.25. The van der Waals surface area contributed by atoms with Crippen LogP contribution in [0.3, 0.4) is 0 Å². The van der Waals surface area contributed by atoms with Crippen LogP contribution in [0.2, 0.25) is 0 Å². The number of benzene rings is 1. The van der Waals surface area contributed by atoms with E-state index in [-0.39, 0.29) is 17.7 Å². The number of hydrogen-bond donors (Lipinski definition) is 2. The highest BCUT2D eigenvalue weighted by Gasteiger charge is 2.18. The number of phenols is 1.